The van der Waals surface area contributed by atoms with E-state index in [4.69, 9.17) is 4.74 Å². The van der Waals surface area contributed by atoms with Crippen molar-refractivity contribution in [1.82, 2.24) is 9.55 Å². The summed E-state index contributed by atoms with van der Waals surface area (Å²) in [4.78, 5) is 27.3. The van der Waals surface area contributed by atoms with Crippen molar-refractivity contribution in [3.05, 3.63) is 46.0 Å². The molecule has 0 atom stereocenters. The zero-order chi connectivity index (χ0) is 18.6. The van der Waals surface area contributed by atoms with Crippen LogP contribution in [0.15, 0.2) is 24.5 Å². The lowest BCUT2D eigenvalue weighted by Gasteiger charge is -2.16. The number of imidazole rings is 1. The molecule has 0 saturated heterocycles. The van der Waals surface area contributed by atoms with Crippen LogP contribution < -0.4 is 4.74 Å². The van der Waals surface area contributed by atoms with Gasteiger partial charge >= 0.3 is 5.97 Å². The van der Waals surface area contributed by atoms with Crippen LogP contribution in [0.4, 0.5) is 5.69 Å². The summed E-state index contributed by atoms with van der Waals surface area (Å²) in [5, 5.41) is 11.6. The normalized spacial score (nSPS) is 10.8. The zero-order valence-corrected chi connectivity index (χ0v) is 14.7. The van der Waals surface area contributed by atoms with Gasteiger partial charge in [0, 0.05) is 30.4 Å². The van der Waals surface area contributed by atoms with Gasteiger partial charge in [0.1, 0.15) is 22.8 Å². The van der Waals surface area contributed by atoms with Gasteiger partial charge in [-0.15, -0.1) is 0 Å². The molecule has 25 heavy (non-hydrogen) atoms. The van der Waals surface area contributed by atoms with Gasteiger partial charge in [-0.1, -0.05) is 13.8 Å². The molecule has 0 unspecified atom stereocenters. The molecule has 0 aliphatic heterocycles. The predicted octanol–water partition coefficient (Wildman–Crippen LogP) is 3.48. The summed E-state index contributed by atoms with van der Waals surface area (Å²) in [6, 6.07) is 2.65. The average molecular weight is 347 g/mol. The Morgan fingerprint density at radius 3 is 2.52 bits per heavy atom. The number of methoxy groups -OCH3 is 2. The van der Waals surface area contributed by atoms with E-state index in [0.717, 1.165) is 18.7 Å². The summed E-state index contributed by atoms with van der Waals surface area (Å²) in [6.07, 6.45) is 5.00. The zero-order valence-electron chi connectivity index (χ0n) is 14.7. The van der Waals surface area contributed by atoms with Gasteiger partial charge in [-0.2, -0.15) is 0 Å². The van der Waals surface area contributed by atoms with Crippen LogP contribution in [-0.4, -0.2) is 34.7 Å². The summed E-state index contributed by atoms with van der Waals surface area (Å²) in [5.74, 6) is 0.413. The molecule has 0 radical (unpaired) electrons. The fourth-order valence-corrected chi connectivity index (χ4v) is 2.81. The summed E-state index contributed by atoms with van der Waals surface area (Å²) < 4.78 is 11.6. The maximum absolute atomic E-state index is 11.9. The first-order chi connectivity index (χ1) is 12.0. The molecule has 0 N–H and O–H groups in total. The summed E-state index contributed by atoms with van der Waals surface area (Å²) in [6.45, 7) is 4.09. The van der Waals surface area contributed by atoms with E-state index in [1.165, 1.54) is 26.4 Å². The number of nitro groups is 1. The molecule has 1 aromatic heterocycles. The SMILES string of the molecule is CCC(CC)c1nccn1-c1cc(OC)c(C(=O)OC)cc1[N+](=O)[O-]. The minimum absolute atomic E-state index is 0.00430. The van der Waals surface area contributed by atoms with Crippen LogP contribution in [-0.2, 0) is 4.74 Å². The number of esters is 1. The van der Waals surface area contributed by atoms with E-state index in [2.05, 4.69) is 9.72 Å². The number of carbonyl (C=O) groups excluding carboxylic acids is 1. The van der Waals surface area contributed by atoms with Crippen LogP contribution in [0.2, 0.25) is 0 Å². The maximum Gasteiger partial charge on any atom is 0.341 e. The van der Waals surface area contributed by atoms with Crippen molar-refractivity contribution < 1.29 is 19.2 Å². The lowest BCUT2D eigenvalue weighted by atomic mass is 10.0. The van der Waals surface area contributed by atoms with Crippen LogP contribution in [0.1, 0.15) is 48.8 Å². The van der Waals surface area contributed by atoms with Gasteiger partial charge in [0.05, 0.1) is 19.1 Å². The number of benzene rings is 1. The molecule has 2 aromatic rings. The maximum atomic E-state index is 11.9. The number of carbonyl (C=O) groups is 1. The van der Waals surface area contributed by atoms with Crippen molar-refractivity contribution >= 4 is 11.7 Å². The van der Waals surface area contributed by atoms with E-state index in [1.807, 2.05) is 13.8 Å². The number of nitro benzene ring substituents is 1. The van der Waals surface area contributed by atoms with E-state index in [1.54, 1.807) is 17.0 Å². The van der Waals surface area contributed by atoms with E-state index in [-0.39, 0.29) is 22.9 Å². The predicted molar refractivity (Wildman–Crippen MR) is 91.4 cm³/mol. The number of hydrogen-bond acceptors (Lipinski definition) is 6. The van der Waals surface area contributed by atoms with Crippen molar-refractivity contribution in [3.63, 3.8) is 0 Å². The van der Waals surface area contributed by atoms with E-state index >= 15 is 0 Å². The largest absolute Gasteiger partial charge is 0.496 e. The Morgan fingerprint density at radius 1 is 1.32 bits per heavy atom. The highest BCUT2D eigenvalue weighted by atomic mass is 16.6. The molecule has 0 aliphatic rings. The molecule has 1 aromatic carbocycles. The second-order valence-electron chi connectivity index (χ2n) is 5.46. The number of hydrogen-bond donors (Lipinski definition) is 0. The van der Waals surface area contributed by atoms with Crippen molar-refractivity contribution in [2.75, 3.05) is 14.2 Å². The van der Waals surface area contributed by atoms with E-state index < -0.39 is 10.9 Å². The van der Waals surface area contributed by atoms with Gasteiger partial charge in [0.2, 0.25) is 0 Å². The van der Waals surface area contributed by atoms with Crippen molar-refractivity contribution in [3.8, 4) is 11.4 Å². The Balaban J connectivity index is 2.72. The molecule has 0 amide bonds. The third-order valence-corrected chi connectivity index (χ3v) is 4.18. The first-order valence-corrected chi connectivity index (χ1v) is 7.96. The van der Waals surface area contributed by atoms with Gasteiger partial charge in [-0.05, 0) is 12.8 Å². The van der Waals surface area contributed by atoms with Gasteiger partial charge < -0.3 is 9.47 Å². The lowest BCUT2D eigenvalue weighted by Crippen LogP contribution is -2.11. The van der Waals surface area contributed by atoms with Crippen molar-refractivity contribution in [2.45, 2.75) is 32.6 Å². The molecule has 0 aliphatic carbocycles. The minimum atomic E-state index is -0.697. The van der Waals surface area contributed by atoms with Crippen LogP contribution in [0.5, 0.6) is 5.75 Å². The second-order valence-corrected chi connectivity index (χ2v) is 5.46. The lowest BCUT2D eigenvalue weighted by molar-refractivity contribution is -0.384. The van der Waals surface area contributed by atoms with Crippen LogP contribution >= 0.6 is 0 Å². The summed E-state index contributed by atoms with van der Waals surface area (Å²) >= 11 is 0. The standard InChI is InChI=1S/C17H21N3O5/c1-5-11(6-2)16-18-7-8-19(16)13-10-15(24-3)12(17(21)25-4)9-14(13)20(22)23/h7-11H,5-6H2,1-4H3. The van der Waals surface area contributed by atoms with Crippen molar-refractivity contribution in [1.29, 1.82) is 0 Å². The third kappa shape index (κ3) is 3.47. The molecule has 0 spiro atoms. The Bertz CT molecular complexity index is 781. The topological polar surface area (TPSA) is 96.5 Å². The molecule has 0 fully saturated rings. The molecule has 1 heterocycles. The summed E-state index contributed by atoms with van der Waals surface area (Å²) in [5.41, 5.74) is 0.0879. The fourth-order valence-electron chi connectivity index (χ4n) is 2.81. The molecule has 8 heteroatoms. The number of ether oxygens (including phenoxy) is 2. The van der Waals surface area contributed by atoms with E-state index in [0.29, 0.717) is 5.69 Å². The molecule has 8 nitrogen and oxygen atoms in total. The van der Waals surface area contributed by atoms with Gasteiger partial charge in [-0.3, -0.25) is 14.7 Å². The Morgan fingerprint density at radius 2 is 2.00 bits per heavy atom. The Kier molecular flexibility index (Phi) is 5.74. The molecule has 0 saturated carbocycles. The Hall–Kier alpha value is -2.90. The highest BCUT2D eigenvalue weighted by molar-refractivity contribution is 5.94. The fraction of sp³-hybridized carbons (Fsp3) is 0.412. The Labute approximate surface area is 145 Å². The minimum Gasteiger partial charge on any atom is -0.496 e. The second kappa shape index (κ2) is 7.78. The van der Waals surface area contributed by atoms with Gasteiger partial charge in [0.25, 0.3) is 5.69 Å². The molecular weight excluding hydrogens is 326 g/mol. The molecule has 0 bridgehead atoms. The number of aromatic nitrogens is 2. The first-order valence-electron chi connectivity index (χ1n) is 7.96. The van der Waals surface area contributed by atoms with Crippen LogP contribution in [0.25, 0.3) is 5.69 Å². The molecule has 134 valence electrons. The number of rotatable bonds is 7. The van der Waals surface area contributed by atoms with Crippen LogP contribution in [0.3, 0.4) is 0 Å². The monoisotopic (exact) mass is 347 g/mol. The smallest absolute Gasteiger partial charge is 0.341 e. The van der Waals surface area contributed by atoms with E-state index in [9.17, 15) is 14.9 Å². The van der Waals surface area contributed by atoms with Gasteiger partial charge in [-0.25, -0.2) is 9.78 Å². The third-order valence-electron chi connectivity index (χ3n) is 4.18. The highest BCUT2D eigenvalue weighted by Gasteiger charge is 2.26. The number of nitrogens with zero attached hydrogens (tertiary/aromatic N) is 3. The molecular formula is C17H21N3O5. The van der Waals surface area contributed by atoms with Gasteiger partial charge in [0.15, 0.2) is 0 Å². The summed E-state index contributed by atoms with van der Waals surface area (Å²) in [7, 11) is 2.61. The van der Waals surface area contributed by atoms with Crippen molar-refractivity contribution in [2.24, 2.45) is 0 Å². The first kappa shape index (κ1) is 18.4. The quantitative estimate of drug-likeness (QED) is 0.432. The average Bonchev–Trinajstić information content (AvgIpc) is 3.10. The highest BCUT2D eigenvalue weighted by Crippen LogP contribution is 2.34. The van der Waals surface area contributed by atoms with Crippen LogP contribution in [0, 0.1) is 10.1 Å². The molecule has 2 rings (SSSR count).